The number of anilines is 1. The molecule has 1 heterocycles. The topological polar surface area (TPSA) is 102 Å². The lowest BCUT2D eigenvalue weighted by Crippen LogP contribution is -2.47. The maximum Gasteiger partial charge on any atom is 0.271 e. The fourth-order valence-electron chi connectivity index (χ4n) is 2.99. The van der Waals surface area contributed by atoms with Crippen molar-refractivity contribution in [1.29, 1.82) is 0 Å². The Morgan fingerprint density at radius 1 is 1.35 bits per heavy atom. The maximum absolute atomic E-state index is 12.7. The van der Waals surface area contributed by atoms with Gasteiger partial charge in [0.1, 0.15) is 5.75 Å². The zero-order valence-corrected chi connectivity index (χ0v) is 15.6. The van der Waals surface area contributed by atoms with E-state index in [0.717, 1.165) is 6.42 Å². The lowest BCUT2D eigenvalue weighted by Gasteiger charge is -2.35. The van der Waals surface area contributed by atoms with Gasteiger partial charge in [0.25, 0.3) is 5.69 Å². The van der Waals surface area contributed by atoms with Crippen LogP contribution >= 0.6 is 0 Å². The Hall–Kier alpha value is -2.64. The second-order valence-electron chi connectivity index (χ2n) is 7.47. The number of rotatable bonds is 4. The number of likely N-dealkylation sites (tertiary alicyclic amines) is 1. The van der Waals surface area contributed by atoms with Gasteiger partial charge in [-0.2, -0.15) is 0 Å². The van der Waals surface area contributed by atoms with E-state index >= 15 is 0 Å². The van der Waals surface area contributed by atoms with Crippen molar-refractivity contribution >= 4 is 23.2 Å². The standard InChI is InChI=1S/C18H25N3O5/c1-18(2,3)17(23)20-9-5-6-12(11-20)16(22)19-14-10-13(21(24)25)7-8-15(14)26-4/h7-8,10,12H,5-6,9,11H2,1-4H3,(H,19,22). The van der Waals surface area contributed by atoms with E-state index in [9.17, 15) is 19.7 Å². The third kappa shape index (κ3) is 4.50. The number of carbonyl (C=O) groups excluding carboxylic acids is 2. The third-order valence-corrected chi connectivity index (χ3v) is 4.37. The Bertz CT molecular complexity index is 711. The fraction of sp³-hybridized carbons (Fsp3) is 0.556. The van der Waals surface area contributed by atoms with E-state index in [-0.39, 0.29) is 29.1 Å². The van der Waals surface area contributed by atoms with Crippen LogP contribution in [0.2, 0.25) is 0 Å². The summed E-state index contributed by atoms with van der Waals surface area (Å²) in [7, 11) is 1.43. The minimum atomic E-state index is -0.528. The molecule has 2 amide bonds. The van der Waals surface area contributed by atoms with Crippen LogP contribution in [0.5, 0.6) is 5.75 Å². The summed E-state index contributed by atoms with van der Waals surface area (Å²) in [4.78, 5) is 37.3. The molecule has 0 aromatic heterocycles. The lowest BCUT2D eigenvalue weighted by molar-refractivity contribution is -0.384. The van der Waals surface area contributed by atoms with E-state index in [1.165, 1.54) is 25.3 Å². The number of ether oxygens (including phenoxy) is 1. The Labute approximate surface area is 152 Å². The van der Waals surface area contributed by atoms with Crippen LogP contribution < -0.4 is 10.1 Å². The summed E-state index contributed by atoms with van der Waals surface area (Å²) in [5, 5.41) is 13.7. The van der Waals surface area contributed by atoms with Crippen LogP contribution in [-0.4, -0.2) is 41.8 Å². The molecule has 0 saturated carbocycles. The van der Waals surface area contributed by atoms with Crippen LogP contribution in [0.1, 0.15) is 33.6 Å². The molecule has 1 atom stereocenters. The van der Waals surface area contributed by atoms with Crippen molar-refractivity contribution in [2.75, 3.05) is 25.5 Å². The van der Waals surface area contributed by atoms with E-state index in [1.54, 1.807) is 4.90 Å². The number of non-ortho nitro benzene ring substituents is 1. The van der Waals surface area contributed by atoms with Crippen LogP contribution in [0.25, 0.3) is 0 Å². The van der Waals surface area contributed by atoms with Crippen LogP contribution in [0.4, 0.5) is 11.4 Å². The summed E-state index contributed by atoms with van der Waals surface area (Å²) in [6, 6.07) is 4.04. The molecule has 0 radical (unpaired) electrons. The molecule has 0 bridgehead atoms. The van der Waals surface area contributed by atoms with Gasteiger partial charge in [-0.25, -0.2) is 0 Å². The summed E-state index contributed by atoms with van der Waals surface area (Å²) in [6.07, 6.45) is 1.41. The molecular formula is C18H25N3O5. The smallest absolute Gasteiger partial charge is 0.271 e. The van der Waals surface area contributed by atoms with Gasteiger partial charge in [0.15, 0.2) is 0 Å². The van der Waals surface area contributed by atoms with Crippen molar-refractivity contribution in [1.82, 2.24) is 4.90 Å². The van der Waals surface area contributed by atoms with Crippen LogP contribution in [0, 0.1) is 21.4 Å². The van der Waals surface area contributed by atoms with Crippen molar-refractivity contribution < 1.29 is 19.2 Å². The van der Waals surface area contributed by atoms with Gasteiger partial charge in [0.05, 0.1) is 23.6 Å². The molecule has 1 N–H and O–H groups in total. The van der Waals surface area contributed by atoms with Gasteiger partial charge in [0.2, 0.25) is 11.8 Å². The largest absolute Gasteiger partial charge is 0.495 e. The molecule has 8 heteroatoms. The summed E-state index contributed by atoms with van der Waals surface area (Å²) < 4.78 is 5.17. The lowest BCUT2D eigenvalue weighted by atomic mass is 9.91. The van der Waals surface area contributed by atoms with Gasteiger partial charge < -0.3 is 15.0 Å². The molecule has 1 saturated heterocycles. The zero-order valence-electron chi connectivity index (χ0n) is 15.6. The molecule has 1 fully saturated rings. The van der Waals surface area contributed by atoms with E-state index < -0.39 is 10.3 Å². The Balaban J connectivity index is 2.13. The average molecular weight is 363 g/mol. The monoisotopic (exact) mass is 363 g/mol. The van der Waals surface area contributed by atoms with Crippen LogP contribution in [0.3, 0.4) is 0 Å². The number of amides is 2. The first kappa shape index (κ1) is 19.7. The molecule has 1 aliphatic rings. The van der Waals surface area contributed by atoms with Gasteiger partial charge in [-0.1, -0.05) is 20.8 Å². The number of nitrogens with one attached hydrogen (secondary N) is 1. The highest BCUT2D eigenvalue weighted by atomic mass is 16.6. The molecule has 2 rings (SSSR count). The Kier molecular flexibility index (Phi) is 5.84. The maximum atomic E-state index is 12.7. The highest BCUT2D eigenvalue weighted by Crippen LogP contribution is 2.30. The number of benzene rings is 1. The average Bonchev–Trinajstić information content (AvgIpc) is 2.60. The second-order valence-corrected chi connectivity index (χ2v) is 7.47. The number of hydrogen-bond donors (Lipinski definition) is 1. The van der Waals surface area contributed by atoms with Crippen molar-refractivity contribution in [3.63, 3.8) is 0 Å². The molecule has 0 spiro atoms. The number of methoxy groups -OCH3 is 1. The van der Waals surface area contributed by atoms with E-state index in [2.05, 4.69) is 5.32 Å². The van der Waals surface area contributed by atoms with E-state index in [0.29, 0.717) is 25.3 Å². The molecule has 1 unspecified atom stereocenters. The molecule has 1 aliphatic heterocycles. The number of carbonyl (C=O) groups is 2. The molecule has 0 aliphatic carbocycles. The normalized spacial score (nSPS) is 17.5. The summed E-state index contributed by atoms with van der Waals surface area (Å²) >= 11 is 0. The Morgan fingerprint density at radius 2 is 2.04 bits per heavy atom. The van der Waals surface area contributed by atoms with E-state index in [1.807, 2.05) is 20.8 Å². The van der Waals surface area contributed by atoms with Gasteiger partial charge >= 0.3 is 0 Å². The van der Waals surface area contributed by atoms with Gasteiger partial charge in [-0.15, -0.1) is 0 Å². The van der Waals surface area contributed by atoms with Gasteiger partial charge in [-0.05, 0) is 18.9 Å². The summed E-state index contributed by atoms with van der Waals surface area (Å²) in [5.41, 5.74) is -0.373. The van der Waals surface area contributed by atoms with Crippen LogP contribution in [0.15, 0.2) is 18.2 Å². The molecule has 1 aromatic rings. The van der Waals surface area contributed by atoms with Crippen molar-refractivity contribution in [3.05, 3.63) is 28.3 Å². The summed E-state index contributed by atoms with van der Waals surface area (Å²) in [6.45, 7) is 6.55. The first-order chi connectivity index (χ1) is 12.1. The minimum Gasteiger partial charge on any atom is -0.495 e. The minimum absolute atomic E-state index is 0.0166. The zero-order chi connectivity index (χ0) is 19.5. The van der Waals surface area contributed by atoms with Gasteiger partial charge in [-0.3, -0.25) is 19.7 Å². The number of nitro groups is 1. The molecule has 142 valence electrons. The Morgan fingerprint density at radius 3 is 2.62 bits per heavy atom. The quantitative estimate of drug-likeness (QED) is 0.655. The predicted octanol–water partition coefficient (Wildman–Crippen LogP) is 2.83. The third-order valence-electron chi connectivity index (χ3n) is 4.37. The predicted molar refractivity (Wildman–Crippen MR) is 97.0 cm³/mol. The second kappa shape index (κ2) is 7.72. The number of nitro benzene ring substituents is 1. The van der Waals surface area contributed by atoms with E-state index in [4.69, 9.17) is 4.74 Å². The first-order valence-corrected chi connectivity index (χ1v) is 8.56. The SMILES string of the molecule is COc1ccc([N+](=O)[O-])cc1NC(=O)C1CCCN(C(=O)C(C)(C)C)C1. The molecule has 1 aromatic carbocycles. The highest BCUT2D eigenvalue weighted by Gasteiger charge is 2.33. The molecular weight excluding hydrogens is 338 g/mol. The van der Waals surface area contributed by atoms with Crippen molar-refractivity contribution in [2.24, 2.45) is 11.3 Å². The number of hydrogen-bond acceptors (Lipinski definition) is 5. The fourth-order valence-corrected chi connectivity index (χ4v) is 2.99. The molecule has 26 heavy (non-hydrogen) atoms. The number of nitrogens with zero attached hydrogens (tertiary/aromatic N) is 2. The molecule has 8 nitrogen and oxygen atoms in total. The highest BCUT2D eigenvalue weighted by molar-refractivity contribution is 5.95. The number of piperidine rings is 1. The summed E-state index contributed by atoms with van der Waals surface area (Å²) in [5.74, 6) is -0.264. The first-order valence-electron chi connectivity index (χ1n) is 8.56. The van der Waals surface area contributed by atoms with Crippen molar-refractivity contribution in [2.45, 2.75) is 33.6 Å². The van der Waals surface area contributed by atoms with Crippen molar-refractivity contribution in [3.8, 4) is 5.75 Å². The van der Waals surface area contributed by atoms with Crippen LogP contribution in [-0.2, 0) is 9.59 Å². The van der Waals surface area contributed by atoms with Gasteiger partial charge in [0, 0.05) is 30.6 Å².